The first kappa shape index (κ1) is 10.5. The first-order chi connectivity index (χ1) is 5.00. The van der Waals surface area contributed by atoms with Gasteiger partial charge in [-0.25, -0.2) is 0 Å². The Kier molecular flexibility index (Phi) is 4.20. The second-order valence-electron chi connectivity index (χ2n) is 2.44. The second kappa shape index (κ2) is 4.40. The quantitative estimate of drug-likeness (QED) is 0.346. The van der Waals surface area contributed by atoms with Crippen LogP contribution in [0.4, 0.5) is 0 Å². The Morgan fingerprint density at radius 1 is 1.27 bits per heavy atom. The van der Waals surface area contributed by atoms with Gasteiger partial charge in [-0.05, 0) is 6.92 Å². The van der Waals surface area contributed by atoms with Crippen molar-refractivity contribution in [3.8, 4) is 0 Å². The minimum Gasteiger partial charge on any atom is -0.391 e. The first-order valence-corrected chi connectivity index (χ1v) is 3.25. The third kappa shape index (κ3) is 2.94. The largest absolute Gasteiger partial charge is 0.391 e. The molecule has 0 saturated heterocycles. The molecule has 0 bridgehead atoms. The highest BCUT2D eigenvalue weighted by molar-refractivity contribution is 5.58. The maximum atomic E-state index is 10.00. The van der Waals surface area contributed by atoms with Crippen LogP contribution in [0, 0.1) is 0 Å². The van der Waals surface area contributed by atoms with E-state index in [1.54, 1.807) is 0 Å². The number of aliphatic hydroxyl groups excluding tert-OH is 3. The van der Waals surface area contributed by atoms with Crippen LogP contribution in [0.25, 0.3) is 0 Å². The van der Waals surface area contributed by atoms with Gasteiger partial charge in [-0.3, -0.25) is 0 Å². The van der Waals surface area contributed by atoms with E-state index in [2.05, 4.69) is 0 Å². The average molecular weight is 163 g/mol. The topological polar surface area (TPSA) is 104 Å². The molecule has 5 N–H and O–H groups in total. The van der Waals surface area contributed by atoms with Crippen LogP contribution in [0.5, 0.6) is 0 Å². The molecule has 0 aromatic carbocycles. The van der Waals surface area contributed by atoms with Crippen LogP contribution in [0.15, 0.2) is 0 Å². The van der Waals surface area contributed by atoms with Crippen molar-refractivity contribution in [3.63, 3.8) is 0 Å². The van der Waals surface area contributed by atoms with Gasteiger partial charge >= 0.3 is 0 Å². The standard InChI is InChI=1S/C6H13NO4/c1-3(9)5(10)6(11)4(7)2-8/h2-6,9-11H,7H2,1H3. The number of hydrogen-bond acceptors (Lipinski definition) is 5. The van der Waals surface area contributed by atoms with E-state index < -0.39 is 24.4 Å². The van der Waals surface area contributed by atoms with E-state index in [0.29, 0.717) is 6.29 Å². The molecule has 0 aliphatic heterocycles. The van der Waals surface area contributed by atoms with Gasteiger partial charge < -0.3 is 25.8 Å². The number of carbonyl (C=O) groups is 1. The van der Waals surface area contributed by atoms with E-state index in [0.717, 1.165) is 0 Å². The number of hydrogen-bond donors (Lipinski definition) is 4. The molecule has 0 fully saturated rings. The number of rotatable bonds is 4. The Labute approximate surface area is 64.4 Å². The van der Waals surface area contributed by atoms with Crippen LogP contribution in [0.2, 0.25) is 0 Å². The molecule has 5 heteroatoms. The molecule has 66 valence electrons. The Bertz CT molecular complexity index is 128. The van der Waals surface area contributed by atoms with Crippen LogP contribution >= 0.6 is 0 Å². The summed E-state index contributed by atoms with van der Waals surface area (Å²) in [6, 6.07) is -1.15. The van der Waals surface area contributed by atoms with Crippen molar-refractivity contribution in [1.29, 1.82) is 0 Å². The molecular weight excluding hydrogens is 150 g/mol. The van der Waals surface area contributed by atoms with Crippen molar-refractivity contribution >= 4 is 6.29 Å². The van der Waals surface area contributed by atoms with Gasteiger partial charge in [0.25, 0.3) is 0 Å². The van der Waals surface area contributed by atoms with Crippen molar-refractivity contribution in [2.45, 2.75) is 31.3 Å². The summed E-state index contributed by atoms with van der Waals surface area (Å²) in [4.78, 5) is 10.00. The highest BCUT2D eigenvalue weighted by atomic mass is 16.4. The van der Waals surface area contributed by atoms with Crippen molar-refractivity contribution in [2.24, 2.45) is 5.73 Å². The lowest BCUT2D eigenvalue weighted by atomic mass is 10.0. The Morgan fingerprint density at radius 2 is 1.73 bits per heavy atom. The molecule has 0 radical (unpaired) electrons. The fourth-order valence-electron chi connectivity index (χ4n) is 0.594. The van der Waals surface area contributed by atoms with E-state index in [1.807, 2.05) is 0 Å². The average Bonchev–Trinajstić information content (AvgIpc) is 2.00. The van der Waals surface area contributed by atoms with E-state index >= 15 is 0 Å². The lowest BCUT2D eigenvalue weighted by Gasteiger charge is -2.21. The summed E-state index contributed by atoms with van der Waals surface area (Å²) < 4.78 is 0. The van der Waals surface area contributed by atoms with Gasteiger partial charge in [0.15, 0.2) is 0 Å². The molecule has 0 aromatic heterocycles. The van der Waals surface area contributed by atoms with Gasteiger partial charge in [-0.2, -0.15) is 0 Å². The SMILES string of the molecule is CC(O)C(O)C(O)C(N)C=O. The van der Waals surface area contributed by atoms with E-state index in [9.17, 15) is 4.79 Å². The van der Waals surface area contributed by atoms with Gasteiger partial charge in [0.1, 0.15) is 18.5 Å². The molecule has 4 unspecified atom stereocenters. The van der Waals surface area contributed by atoms with E-state index in [1.165, 1.54) is 6.92 Å². The molecule has 0 spiro atoms. The molecule has 0 aliphatic carbocycles. The summed E-state index contributed by atoms with van der Waals surface area (Å²) in [5.41, 5.74) is 5.07. The lowest BCUT2D eigenvalue weighted by Crippen LogP contribution is -2.48. The molecule has 0 aromatic rings. The monoisotopic (exact) mass is 163 g/mol. The summed E-state index contributed by atoms with van der Waals surface area (Å²) >= 11 is 0. The summed E-state index contributed by atoms with van der Waals surface area (Å²) in [5.74, 6) is 0. The Balaban J connectivity index is 4.00. The summed E-state index contributed by atoms with van der Waals surface area (Å²) in [6.45, 7) is 1.30. The molecular formula is C6H13NO4. The van der Waals surface area contributed by atoms with Gasteiger partial charge in [0.05, 0.1) is 12.1 Å². The van der Waals surface area contributed by atoms with Crippen molar-refractivity contribution in [2.75, 3.05) is 0 Å². The molecule has 0 saturated carbocycles. The third-order valence-electron chi connectivity index (χ3n) is 1.40. The maximum absolute atomic E-state index is 10.00. The zero-order valence-corrected chi connectivity index (χ0v) is 6.21. The zero-order valence-electron chi connectivity index (χ0n) is 6.21. The number of carbonyl (C=O) groups excluding carboxylic acids is 1. The van der Waals surface area contributed by atoms with Crippen LogP contribution in [-0.2, 0) is 4.79 Å². The molecule has 0 heterocycles. The summed E-state index contributed by atoms with van der Waals surface area (Å²) in [7, 11) is 0. The normalized spacial score (nSPS) is 21.9. The highest BCUT2D eigenvalue weighted by Gasteiger charge is 2.26. The predicted molar refractivity (Wildman–Crippen MR) is 37.7 cm³/mol. The number of aldehydes is 1. The van der Waals surface area contributed by atoms with Gasteiger partial charge in [-0.1, -0.05) is 0 Å². The fourth-order valence-corrected chi connectivity index (χ4v) is 0.594. The minimum absolute atomic E-state index is 0.316. The zero-order chi connectivity index (χ0) is 9.02. The lowest BCUT2D eigenvalue weighted by molar-refractivity contribution is -0.115. The van der Waals surface area contributed by atoms with E-state index in [4.69, 9.17) is 21.1 Å². The van der Waals surface area contributed by atoms with Crippen molar-refractivity contribution in [1.82, 2.24) is 0 Å². The second-order valence-corrected chi connectivity index (χ2v) is 2.44. The molecule has 5 nitrogen and oxygen atoms in total. The maximum Gasteiger partial charge on any atom is 0.139 e. The van der Waals surface area contributed by atoms with Crippen LogP contribution in [-0.4, -0.2) is 46.0 Å². The number of nitrogens with two attached hydrogens (primary N) is 1. The highest BCUT2D eigenvalue weighted by Crippen LogP contribution is 2.01. The summed E-state index contributed by atoms with van der Waals surface area (Å²) in [5, 5.41) is 26.7. The van der Waals surface area contributed by atoms with Crippen LogP contribution < -0.4 is 5.73 Å². The Hall–Kier alpha value is -0.490. The van der Waals surface area contributed by atoms with Gasteiger partial charge in [0.2, 0.25) is 0 Å². The Morgan fingerprint density at radius 3 is 2.00 bits per heavy atom. The summed E-state index contributed by atoms with van der Waals surface area (Å²) in [6.07, 6.45) is -3.57. The predicted octanol–water partition coefficient (Wildman–Crippen LogP) is -2.38. The van der Waals surface area contributed by atoms with Crippen molar-refractivity contribution < 1.29 is 20.1 Å². The van der Waals surface area contributed by atoms with Gasteiger partial charge in [-0.15, -0.1) is 0 Å². The molecule has 0 amide bonds. The van der Waals surface area contributed by atoms with E-state index in [-0.39, 0.29) is 0 Å². The van der Waals surface area contributed by atoms with Gasteiger partial charge in [0, 0.05) is 0 Å². The molecule has 11 heavy (non-hydrogen) atoms. The number of aliphatic hydroxyl groups is 3. The smallest absolute Gasteiger partial charge is 0.139 e. The molecule has 0 aliphatic rings. The van der Waals surface area contributed by atoms with Crippen LogP contribution in [0.3, 0.4) is 0 Å². The third-order valence-corrected chi connectivity index (χ3v) is 1.40. The minimum atomic E-state index is -1.41. The van der Waals surface area contributed by atoms with Crippen LogP contribution in [0.1, 0.15) is 6.92 Å². The fraction of sp³-hybridized carbons (Fsp3) is 0.833. The molecule has 0 rings (SSSR count). The van der Waals surface area contributed by atoms with Crippen molar-refractivity contribution in [3.05, 3.63) is 0 Å². The molecule has 4 atom stereocenters. The first-order valence-electron chi connectivity index (χ1n) is 3.25.